The van der Waals surface area contributed by atoms with Gasteiger partial charge in [-0.25, -0.2) is 12.6 Å². The van der Waals surface area contributed by atoms with E-state index in [-0.39, 0.29) is 18.6 Å². The van der Waals surface area contributed by atoms with Crippen LogP contribution in [0.5, 0.6) is 0 Å². The Bertz CT molecular complexity index is 387. The third-order valence-electron chi connectivity index (χ3n) is 1.97. The van der Waals surface area contributed by atoms with Gasteiger partial charge in [0.1, 0.15) is 0 Å². The fourth-order valence-electron chi connectivity index (χ4n) is 0.908. The van der Waals surface area contributed by atoms with Crippen molar-refractivity contribution >= 4 is 20.0 Å². The maximum atomic E-state index is 11.1. The molecule has 78 valence electrons. The van der Waals surface area contributed by atoms with E-state index in [1.807, 2.05) is 0 Å². The number of sulfone groups is 1. The minimum atomic E-state index is -3.68. The molecule has 0 aromatic carbocycles. The van der Waals surface area contributed by atoms with Crippen LogP contribution in [0, 0.1) is 0 Å². The summed E-state index contributed by atoms with van der Waals surface area (Å²) in [6.07, 6.45) is 1.53. The first-order valence-electron chi connectivity index (χ1n) is 3.85. The fraction of sp³-hybridized carbons (Fsp3) is 1.00. The van der Waals surface area contributed by atoms with E-state index in [0.29, 0.717) is 0 Å². The molecule has 5 nitrogen and oxygen atoms in total. The van der Waals surface area contributed by atoms with Crippen LogP contribution in [-0.4, -0.2) is 33.8 Å². The molecule has 0 atom stereocenters. The molecule has 0 N–H and O–H groups in total. The molecule has 0 radical (unpaired) electrons. The van der Waals surface area contributed by atoms with Crippen molar-refractivity contribution < 1.29 is 21.0 Å². The lowest BCUT2D eigenvalue weighted by Gasteiger charge is -2.12. The van der Waals surface area contributed by atoms with Crippen LogP contribution in [0.2, 0.25) is 0 Å². The maximum absolute atomic E-state index is 11.1. The van der Waals surface area contributed by atoms with Crippen LogP contribution >= 0.6 is 0 Å². The van der Waals surface area contributed by atoms with E-state index in [4.69, 9.17) is 0 Å². The van der Waals surface area contributed by atoms with Crippen LogP contribution < -0.4 is 0 Å². The molecule has 1 rings (SSSR count). The highest BCUT2D eigenvalue weighted by Gasteiger charge is 2.56. The lowest BCUT2D eigenvalue weighted by Crippen LogP contribution is -2.29. The van der Waals surface area contributed by atoms with E-state index in [0.717, 1.165) is 6.26 Å². The highest BCUT2D eigenvalue weighted by molar-refractivity contribution is 7.93. The number of hydrogen-bond donors (Lipinski definition) is 0. The van der Waals surface area contributed by atoms with Crippen molar-refractivity contribution in [2.24, 2.45) is 0 Å². The van der Waals surface area contributed by atoms with Crippen LogP contribution in [-0.2, 0) is 24.1 Å². The Balaban J connectivity index is 2.88. The van der Waals surface area contributed by atoms with Crippen molar-refractivity contribution in [3.05, 3.63) is 0 Å². The second kappa shape index (κ2) is 2.93. The van der Waals surface area contributed by atoms with Gasteiger partial charge in [-0.2, -0.15) is 8.42 Å². The van der Waals surface area contributed by atoms with Crippen molar-refractivity contribution in [2.75, 3.05) is 12.0 Å². The molecule has 1 aliphatic rings. The van der Waals surface area contributed by atoms with Crippen molar-refractivity contribution in [3.63, 3.8) is 0 Å². The Morgan fingerprint density at radius 2 is 1.69 bits per heavy atom. The summed E-state index contributed by atoms with van der Waals surface area (Å²) in [7, 11) is -7.11. The van der Waals surface area contributed by atoms with Crippen molar-refractivity contribution in [3.8, 4) is 0 Å². The standard InChI is InChI=1S/C6H12O5S2/c1-3-13(9,10)11-6(4-5-6)12(2,7)8/h3-5H2,1-2H3. The van der Waals surface area contributed by atoms with Gasteiger partial charge in [0.2, 0.25) is 0 Å². The predicted molar refractivity (Wildman–Crippen MR) is 47.4 cm³/mol. The summed E-state index contributed by atoms with van der Waals surface area (Å²) in [5.41, 5.74) is 0. The molecule has 0 heterocycles. The van der Waals surface area contributed by atoms with Gasteiger partial charge in [0, 0.05) is 6.26 Å². The molecule has 0 amide bonds. The minimum absolute atomic E-state index is 0.204. The summed E-state index contributed by atoms with van der Waals surface area (Å²) in [6, 6.07) is 0. The number of rotatable bonds is 4. The summed E-state index contributed by atoms with van der Waals surface area (Å²) in [6.45, 7) is 1.41. The van der Waals surface area contributed by atoms with Crippen molar-refractivity contribution in [1.29, 1.82) is 0 Å². The lowest BCUT2D eigenvalue weighted by atomic mass is 10.8. The van der Waals surface area contributed by atoms with E-state index in [1.54, 1.807) is 0 Å². The first-order valence-corrected chi connectivity index (χ1v) is 7.32. The molecule has 0 aromatic heterocycles. The van der Waals surface area contributed by atoms with E-state index in [2.05, 4.69) is 4.18 Å². The quantitative estimate of drug-likeness (QED) is 0.627. The zero-order chi connectivity index (χ0) is 10.3. The van der Waals surface area contributed by atoms with Gasteiger partial charge < -0.3 is 0 Å². The van der Waals surface area contributed by atoms with Crippen LogP contribution in [0.1, 0.15) is 19.8 Å². The topological polar surface area (TPSA) is 77.5 Å². The molecule has 1 aliphatic carbocycles. The van der Waals surface area contributed by atoms with Gasteiger partial charge in [-0.1, -0.05) is 0 Å². The van der Waals surface area contributed by atoms with Crippen LogP contribution in [0.3, 0.4) is 0 Å². The smallest absolute Gasteiger partial charge is 0.247 e. The van der Waals surface area contributed by atoms with E-state index in [1.165, 1.54) is 6.92 Å². The summed E-state index contributed by atoms with van der Waals surface area (Å²) in [4.78, 5) is -1.44. The Hall–Kier alpha value is -0.140. The third kappa shape index (κ3) is 2.21. The van der Waals surface area contributed by atoms with Crippen LogP contribution in [0.4, 0.5) is 0 Å². The van der Waals surface area contributed by atoms with Gasteiger partial charge in [-0.05, 0) is 19.8 Å². The zero-order valence-electron chi connectivity index (χ0n) is 7.48. The monoisotopic (exact) mass is 228 g/mol. The van der Waals surface area contributed by atoms with Gasteiger partial charge in [-0.3, -0.25) is 0 Å². The van der Waals surface area contributed by atoms with Crippen LogP contribution in [0.25, 0.3) is 0 Å². The molecule has 13 heavy (non-hydrogen) atoms. The zero-order valence-corrected chi connectivity index (χ0v) is 9.11. The molecule has 0 bridgehead atoms. The summed E-state index contributed by atoms with van der Waals surface area (Å²) < 4.78 is 48.9. The Labute approximate surface area is 78.1 Å². The van der Waals surface area contributed by atoms with Gasteiger partial charge >= 0.3 is 0 Å². The highest BCUT2D eigenvalue weighted by Crippen LogP contribution is 2.45. The molecule has 0 saturated heterocycles. The Morgan fingerprint density at radius 3 is 1.92 bits per heavy atom. The first-order chi connectivity index (χ1) is 5.72. The SMILES string of the molecule is CCS(=O)(=O)OC1(S(C)(=O)=O)CC1. The average molecular weight is 228 g/mol. The molecule has 1 fully saturated rings. The van der Waals surface area contributed by atoms with Gasteiger partial charge in [-0.15, -0.1) is 0 Å². The highest BCUT2D eigenvalue weighted by atomic mass is 32.2. The molecule has 1 saturated carbocycles. The summed E-state index contributed by atoms with van der Waals surface area (Å²) in [5.74, 6) is -0.204. The fourth-order valence-corrected chi connectivity index (χ4v) is 3.30. The van der Waals surface area contributed by atoms with Gasteiger partial charge in [0.05, 0.1) is 5.75 Å². The lowest BCUT2D eigenvalue weighted by molar-refractivity contribution is 0.263. The van der Waals surface area contributed by atoms with Crippen LogP contribution in [0.15, 0.2) is 0 Å². The van der Waals surface area contributed by atoms with E-state index >= 15 is 0 Å². The third-order valence-corrected chi connectivity index (χ3v) is 5.20. The van der Waals surface area contributed by atoms with E-state index in [9.17, 15) is 16.8 Å². The van der Waals surface area contributed by atoms with Crippen molar-refractivity contribution in [1.82, 2.24) is 0 Å². The largest absolute Gasteiger partial charge is 0.268 e. The van der Waals surface area contributed by atoms with Gasteiger partial charge in [0.15, 0.2) is 14.8 Å². The Morgan fingerprint density at radius 1 is 1.23 bits per heavy atom. The normalized spacial score (nSPS) is 21.4. The second-order valence-electron chi connectivity index (χ2n) is 3.11. The maximum Gasteiger partial charge on any atom is 0.268 e. The predicted octanol–water partition coefficient (Wildman–Crippen LogP) is -0.113. The summed E-state index contributed by atoms with van der Waals surface area (Å²) >= 11 is 0. The molecular formula is C6H12O5S2. The summed E-state index contributed by atoms with van der Waals surface area (Å²) in [5, 5.41) is 0. The first kappa shape index (κ1) is 10.9. The average Bonchev–Trinajstić information content (AvgIpc) is 2.67. The number of hydrogen-bond acceptors (Lipinski definition) is 5. The van der Waals surface area contributed by atoms with Gasteiger partial charge in [0.25, 0.3) is 10.1 Å². The second-order valence-corrected chi connectivity index (χ2v) is 7.26. The Kier molecular flexibility index (Phi) is 2.46. The minimum Gasteiger partial charge on any atom is -0.247 e. The molecular weight excluding hydrogens is 216 g/mol. The molecule has 0 spiro atoms. The molecule has 0 aromatic rings. The molecule has 7 heteroatoms. The van der Waals surface area contributed by atoms with Crippen molar-refractivity contribution in [2.45, 2.75) is 24.7 Å². The molecule has 0 unspecified atom stereocenters. The molecule has 0 aliphatic heterocycles. The van der Waals surface area contributed by atoms with E-state index < -0.39 is 24.9 Å².